The molecule has 1 aromatic rings. The van der Waals surface area contributed by atoms with Crippen LogP contribution in [-0.4, -0.2) is 15.7 Å². The normalized spacial score (nSPS) is 14.6. The van der Waals surface area contributed by atoms with E-state index in [4.69, 9.17) is 11.6 Å². The summed E-state index contributed by atoms with van der Waals surface area (Å²) in [6.45, 7) is 6.63. The third-order valence-electron chi connectivity index (χ3n) is 4.14. The van der Waals surface area contributed by atoms with Crippen LogP contribution in [0.1, 0.15) is 57.8 Å². The van der Waals surface area contributed by atoms with Crippen LogP contribution in [0.3, 0.4) is 0 Å². The SMILES string of the molecule is CCCCC(CC)(CCl)Cc1c(Br)c(CC)nn1C. The van der Waals surface area contributed by atoms with Crippen molar-refractivity contribution in [2.24, 2.45) is 12.5 Å². The van der Waals surface area contributed by atoms with E-state index in [0.717, 1.165) is 30.8 Å². The fraction of sp³-hybridized carbons (Fsp3) is 0.800. The van der Waals surface area contributed by atoms with E-state index < -0.39 is 0 Å². The first-order valence-corrected chi connectivity index (χ1v) is 8.62. The summed E-state index contributed by atoms with van der Waals surface area (Å²) >= 11 is 10.0. The minimum Gasteiger partial charge on any atom is -0.271 e. The fourth-order valence-corrected chi connectivity index (χ4v) is 3.69. The van der Waals surface area contributed by atoms with Crippen LogP contribution in [0, 0.1) is 5.41 Å². The zero-order chi connectivity index (χ0) is 14.5. The van der Waals surface area contributed by atoms with E-state index in [2.05, 4.69) is 41.8 Å². The van der Waals surface area contributed by atoms with E-state index in [1.54, 1.807) is 0 Å². The molecule has 1 heterocycles. The summed E-state index contributed by atoms with van der Waals surface area (Å²) in [5.74, 6) is 0.725. The molecule has 1 atom stereocenters. The number of aryl methyl sites for hydroxylation is 2. The van der Waals surface area contributed by atoms with Crippen LogP contribution in [-0.2, 0) is 19.9 Å². The van der Waals surface area contributed by atoms with E-state index in [1.807, 2.05) is 11.7 Å². The van der Waals surface area contributed by atoms with Gasteiger partial charge in [-0.2, -0.15) is 5.10 Å². The van der Waals surface area contributed by atoms with Crippen molar-refractivity contribution < 1.29 is 0 Å². The third kappa shape index (κ3) is 3.98. The average molecular weight is 350 g/mol. The van der Waals surface area contributed by atoms with Crippen molar-refractivity contribution in [3.63, 3.8) is 0 Å². The maximum atomic E-state index is 6.31. The average Bonchev–Trinajstić information content (AvgIpc) is 2.70. The van der Waals surface area contributed by atoms with Gasteiger partial charge >= 0.3 is 0 Å². The number of rotatable bonds is 8. The highest BCUT2D eigenvalue weighted by atomic mass is 79.9. The lowest BCUT2D eigenvalue weighted by molar-refractivity contribution is 0.272. The van der Waals surface area contributed by atoms with Gasteiger partial charge < -0.3 is 0 Å². The smallest absolute Gasteiger partial charge is 0.0766 e. The van der Waals surface area contributed by atoms with Gasteiger partial charge in [-0.15, -0.1) is 11.6 Å². The first-order chi connectivity index (χ1) is 9.03. The molecule has 4 heteroatoms. The molecule has 19 heavy (non-hydrogen) atoms. The number of aromatic nitrogens is 2. The van der Waals surface area contributed by atoms with Gasteiger partial charge in [-0.1, -0.05) is 33.6 Å². The zero-order valence-corrected chi connectivity index (χ0v) is 14.9. The van der Waals surface area contributed by atoms with Gasteiger partial charge in [0.25, 0.3) is 0 Å². The van der Waals surface area contributed by atoms with E-state index in [9.17, 15) is 0 Å². The van der Waals surface area contributed by atoms with Crippen molar-refractivity contribution in [3.05, 3.63) is 15.9 Å². The molecular formula is C15H26BrClN2. The summed E-state index contributed by atoms with van der Waals surface area (Å²) in [7, 11) is 2.04. The van der Waals surface area contributed by atoms with Crippen molar-refractivity contribution in [3.8, 4) is 0 Å². The first kappa shape index (κ1) is 17.0. The fourth-order valence-electron chi connectivity index (χ4n) is 2.52. The highest BCUT2D eigenvalue weighted by Crippen LogP contribution is 2.37. The van der Waals surface area contributed by atoms with Gasteiger partial charge in [0, 0.05) is 12.9 Å². The highest BCUT2D eigenvalue weighted by Gasteiger charge is 2.30. The molecule has 0 bridgehead atoms. The van der Waals surface area contributed by atoms with E-state index in [1.165, 1.54) is 29.4 Å². The molecule has 0 fully saturated rings. The molecule has 1 unspecified atom stereocenters. The number of hydrogen-bond donors (Lipinski definition) is 0. The molecule has 1 aromatic heterocycles. The quantitative estimate of drug-likeness (QED) is 0.596. The van der Waals surface area contributed by atoms with E-state index >= 15 is 0 Å². The number of nitrogens with zero attached hydrogens (tertiary/aromatic N) is 2. The largest absolute Gasteiger partial charge is 0.271 e. The molecule has 0 aliphatic heterocycles. The van der Waals surface area contributed by atoms with Gasteiger partial charge in [0.05, 0.1) is 15.9 Å². The second-order valence-electron chi connectivity index (χ2n) is 5.45. The summed E-state index contributed by atoms with van der Waals surface area (Å²) in [5.41, 5.74) is 2.64. The molecule has 0 saturated heterocycles. The molecule has 0 spiro atoms. The minimum absolute atomic E-state index is 0.207. The van der Waals surface area contributed by atoms with Crippen molar-refractivity contribution >= 4 is 27.5 Å². The third-order valence-corrected chi connectivity index (χ3v) is 5.62. The Labute approximate surface area is 131 Å². The van der Waals surface area contributed by atoms with Crippen molar-refractivity contribution in [2.45, 2.75) is 59.3 Å². The lowest BCUT2D eigenvalue weighted by Gasteiger charge is -2.31. The predicted octanol–water partition coefficient (Wildman–Crippen LogP) is 5.11. The zero-order valence-electron chi connectivity index (χ0n) is 12.6. The van der Waals surface area contributed by atoms with Crippen LogP contribution in [0.5, 0.6) is 0 Å². The Morgan fingerprint density at radius 2 is 2.00 bits per heavy atom. The van der Waals surface area contributed by atoms with E-state index in [-0.39, 0.29) is 5.41 Å². The van der Waals surface area contributed by atoms with Crippen LogP contribution in [0.4, 0.5) is 0 Å². The Balaban J connectivity index is 2.99. The molecule has 110 valence electrons. The Kier molecular flexibility index (Phi) is 6.89. The summed E-state index contributed by atoms with van der Waals surface area (Å²) < 4.78 is 3.20. The second-order valence-corrected chi connectivity index (χ2v) is 6.51. The molecular weight excluding hydrogens is 324 g/mol. The van der Waals surface area contributed by atoms with Gasteiger partial charge in [-0.3, -0.25) is 4.68 Å². The summed E-state index contributed by atoms with van der Waals surface area (Å²) in [4.78, 5) is 0. The Morgan fingerprint density at radius 1 is 1.32 bits per heavy atom. The van der Waals surface area contributed by atoms with Gasteiger partial charge in [0.1, 0.15) is 0 Å². The lowest BCUT2D eigenvalue weighted by atomic mass is 9.78. The number of alkyl halides is 1. The summed E-state index contributed by atoms with van der Waals surface area (Å²) in [5, 5.41) is 4.59. The monoisotopic (exact) mass is 348 g/mol. The first-order valence-electron chi connectivity index (χ1n) is 7.29. The molecule has 0 N–H and O–H groups in total. The van der Waals surface area contributed by atoms with Crippen molar-refractivity contribution in [2.75, 3.05) is 5.88 Å². The molecule has 2 nitrogen and oxygen atoms in total. The minimum atomic E-state index is 0.207. The maximum absolute atomic E-state index is 6.31. The van der Waals surface area contributed by atoms with Gasteiger partial charge in [0.15, 0.2) is 0 Å². The predicted molar refractivity (Wildman–Crippen MR) is 87.0 cm³/mol. The van der Waals surface area contributed by atoms with E-state index in [0.29, 0.717) is 0 Å². The molecule has 1 rings (SSSR count). The molecule has 0 aliphatic rings. The van der Waals surface area contributed by atoms with Gasteiger partial charge in [-0.05, 0) is 47.0 Å². The number of hydrogen-bond acceptors (Lipinski definition) is 1. The number of halogens is 2. The molecule has 0 saturated carbocycles. The van der Waals surface area contributed by atoms with Crippen LogP contribution in [0.15, 0.2) is 4.47 Å². The number of unbranched alkanes of at least 4 members (excludes halogenated alkanes) is 1. The lowest BCUT2D eigenvalue weighted by Crippen LogP contribution is -2.26. The van der Waals surface area contributed by atoms with Crippen molar-refractivity contribution in [1.29, 1.82) is 0 Å². The standard InChI is InChI=1S/C15H26BrClN2/c1-5-8-9-15(7-3,11-17)10-13-14(16)12(6-2)18-19(13)4/h5-11H2,1-4H3. The van der Waals surface area contributed by atoms with Crippen LogP contribution in [0.2, 0.25) is 0 Å². The highest BCUT2D eigenvalue weighted by molar-refractivity contribution is 9.10. The maximum Gasteiger partial charge on any atom is 0.0766 e. The van der Waals surface area contributed by atoms with Crippen molar-refractivity contribution in [1.82, 2.24) is 9.78 Å². The summed E-state index contributed by atoms with van der Waals surface area (Å²) in [6.07, 6.45) is 6.76. The van der Waals surface area contributed by atoms with Gasteiger partial charge in [0.2, 0.25) is 0 Å². The Morgan fingerprint density at radius 3 is 2.42 bits per heavy atom. The second kappa shape index (κ2) is 7.68. The van der Waals surface area contributed by atoms with Crippen LogP contribution < -0.4 is 0 Å². The molecule has 0 aromatic carbocycles. The van der Waals surface area contributed by atoms with Crippen LogP contribution in [0.25, 0.3) is 0 Å². The summed E-state index contributed by atoms with van der Waals surface area (Å²) in [6, 6.07) is 0. The van der Waals surface area contributed by atoms with Crippen LogP contribution >= 0.6 is 27.5 Å². The van der Waals surface area contributed by atoms with Gasteiger partial charge in [-0.25, -0.2) is 0 Å². The molecule has 0 aliphatic carbocycles. The topological polar surface area (TPSA) is 17.8 Å². The molecule has 0 radical (unpaired) electrons. The Bertz CT molecular complexity index is 397. The molecule has 0 amide bonds. The Hall–Kier alpha value is -0.0200.